The number of rotatable bonds is 1. The van der Waals surface area contributed by atoms with Crippen LogP contribution in [0.15, 0.2) is 12.3 Å². The third-order valence-corrected chi connectivity index (χ3v) is 1.65. The van der Waals surface area contributed by atoms with Crippen molar-refractivity contribution in [3.05, 3.63) is 12.3 Å². The number of hydrogen-bond acceptors (Lipinski definition) is 2. The Labute approximate surface area is 49.1 Å². The maximum absolute atomic E-state index is 3.17. The van der Waals surface area contributed by atoms with Crippen LogP contribution in [0.5, 0.6) is 0 Å². The first kappa shape index (κ1) is 4.39. The predicted molar refractivity (Wildman–Crippen MR) is 32.0 cm³/mol. The van der Waals surface area contributed by atoms with Crippen LogP contribution in [0, 0.1) is 0 Å². The lowest BCUT2D eigenvalue weighted by atomic mass is 10.6. The van der Waals surface area contributed by atoms with Crippen molar-refractivity contribution in [1.29, 1.82) is 0 Å². The normalized spacial score (nSPS) is 28.5. The van der Waals surface area contributed by atoms with E-state index in [0.717, 1.165) is 12.6 Å². The Kier molecular flexibility index (Phi) is 0.815. The lowest BCUT2D eigenvalue weighted by molar-refractivity contribution is 0.255. The molecule has 1 aliphatic heterocycles. The van der Waals surface area contributed by atoms with Gasteiger partial charge in [0.05, 0.1) is 0 Å². The first-order valence-electron chi connectivity index (χ1n) is 3.14. The average Bonchev–Trinajstić information content (AvgIpc) is 2.49. The average molecular weight is 110 g/mol. The van der Waals surface area contributed by atoms with Gasteiger partial charge in [-0.1, -0.05) is 6.08 Å². The minimum Gasteiger partial charge on any atom is -0.326 e. The van der Waals surface area contributed by atoms with Crippen molar-refractivity contribution in [2.45, 2.75) is 18.9 Å². The van der Waals surface area contributed by atoms with Gasteiger partial charge in [0, 0.05) is 18.8 Å². The van der Waals surface area contributed by atoms with Gasteiger partial charge in [-0.15, -0.1) is 0 Å². The molecule has 1 fully saturated rings. The van der Waals surface area contributed by atoms with Crippen molar-refractivity contribution in [2.24, 2.45) is 0 Å². The molecule has 2 nitrogen and oxygen atoms in total. The fraction of sp³-hybridized carbons (Fsp3) is 0.667. The van der Waals surface area contributed by atoms with Crippen molar-refractivity contribution < 1.29 is 0 Å². The summed E-state index contributed by atoms with van der Waals surface area (Å²) < 4.78 is 0. The van der Waals surface area contributed by atoms with Crippen LogP contribution in [0.1, 0.15) is 12.8 Å². The molecule has 8 heavy (non-hydrogen) atoms. The molecule has 2 rings (SSSR count). The molecule has 0 aromatic heterocycles. The summed E-state index contributed by atoms with van der Waals surface area (Å²) >= 11 is 0. The molecule has 0 spiro atoms. The van der Waals surface area contributed by atoms with Crippen LogP contribution in [0.25, 0.3) is 0 Å². The highest BCUT2D eigenvalue weighted by molar-refractivity contribution is 4.95. The van der Waals surface area contributed by atoms with Gasteiger partial charge in [0.2, 0.25) is 0 Å². The van der Waals surface area contributed by atoms with E-state index in [1.165, 1.54) is 12.8 Å². The van der Waals surface area contributed by atoms with Crippen LogP contribution in [0.2, 0.25) is 0 Å². The molecule has 0 amide bonds. The molecule has 0 aromatic carbocycles. The van der Waals surface area contributed by atoms with E-state index in [4.69, 9.17) is 0 Å². The largest absolute Gasteiger partial charge is 0.326 e. The maximum atomic E-state index is 3.17. The second-order valence-electron chi connectivity index (χ2n) is 2.42. The summed E-state index contributed by atoms with van der Waals surface area (Å²) in [4.78, 5) is 0. The molecule has 1 saturated carbocycles. The predicted octanol–water partition coefficient (Wildman–Crippen LogP) is 0.483. The number of hydrogen-bond donors (Lipinski definition) is 1. The van der Waals surface area contributed by atoms with Crippen LogP contribution in [0.4, 0.5) is 0 Å². The van der Waals surface area contributed by atoms with E-state index in [1.54, 1.807) is 0 Å². The minimum atomic E-state index is 0.852. The van der Waals surface area contributed by atoms with Crippen LogP contribution < -0.4 is 5.43 Å². The Bertz CT molecular complexity index is 108. The van der Waals surface area contributed by atoms with E-state index in [2.05, 4.69) is 16.5 Å². The first-order chi connectivity index (χ1) is 3.97. The molecule has 2 heteroatoms. The Morgan fingerprint density at radius 3 is 2.88 bits per heavy atom. The fourth-order valence-corrected chi connectivity index (χ4v) is 1.01. The van der Waals surface area contributed by atoms with Gasteiger partial charge in [-0.3, -0.25) is 0 Å². The molecule has 0 unspecified atom stereocenters. The molecular formula is C6H10N2. The molecule has 0 saturated heterocycles. The topological polar surface area (TPSA) is 15.3 Å². The Hall–Kier alpha value is -0.500. The SMILES string of the molecule is C1=CNN(C2CC2)C1. The van der Waals surface area contributed by atoms with Gasteiger partial charge >= 0.3 is 0 Å². The van der Waals surface area contributed by atoms with Crippen molar-refractivity contribution in [2.75, 3.05) is 6.54 Å². The molecule has 0 bridgehead atoms. The highest BCUT2D eigenvalue weighted by atomic mass is 15.5. The molecule has 44 valence electrons. The van der Waals surface area contributed by atoms with Gasteiger partial charge in [0.15, 0.2) is 0 Å². The molecule has 1 aliphatic carbocycles. The van der Waals surface area contributed by atoms with Crippen LogP contribution in [0.3, 0.4) is 0 Å². The summed E-state index contributed by atoms with van der Waals surface area (Å²) in [7, 11) is 0. The summed E-state index contributed by atoms with van der Waals surface area (Å²) in [6, 6.07) is 0.852. The monoisotopic (exact) mass is 110 g/mol. The minimum absolute atomic E-state index is 0.852. The van der Waals surface area contributed by atoms with Gasteiger partial charge in [-0.05, 0) is 12.8 Å². The zero-order chi connectivity index (χ0) is 5.40. The zero-order valence-corrected chi connectivity index (χ0v) is 4.80. The van der Waals surface area contributed by atoms with Gasteiger partial charge in [-0.2, -0.15) is 0 Å². The quantitative estimate of drug-likeness (QED) is 0.528. The summed E-state index contributed by atoms with van der Waals surface area (Å²) in [5.41, 5.74) is 3.17. The first-order valence-corrected chi connectivity index (χ1v) is 3.14. The highest BCUT2D eigenvalue weighted by Gasteiger charge is 2.28. The molecular weight excluding hydrogens is 100 g/mol. The summed E-state index contributed by atoms with van der Waals surface area (Å²) in [5.74, 6) is 0. The number of nitrogens with one attached hydrogen (secondary N) is 1. The maximum Gasteiger partial charge on any atom is 0.0379 e. The molecule has 0 atom stereocenters. The summed E-state index contributed by atoms with van der Waals surface area (Å²) in [5, 5.41) is 2.28. The molecule has 2 aliphatic rings. The van der Waals surface area contributed by atoms with Crippen molar-refractivity contribution in [3.63, 3.8) is 0 Å². The zero-order valence-electron chi connectivity index (χ0n) is 4.80. The molecule has 1 N–H and O–H groups in total. The lowest BCUT2D eigenvalue weighted by Gasteiger charge is -2.13. The van der Waals surface area contributed by atoms with Gasteiger partial charge in [0.1, 0.15) is 0 Å². The Morgan fingerprint density at radius 1 is 1.50 bits per heavy atom. The Balaban J connectivity index is 1.90. The van der Waals surface area contributed by atoms with Gasteiger partial charge < -0.3 is 5.43 Å². The molecule has 1 heterocycles. The van der Waals surface area contributed by atoms with Crippen LogP contribution in [-0.4, -0.2) is 17.6 Å². The van der Waals surface area contributed by atoms with E-state index in [1.807, 2.05) is 6.20 Å². The highest BCUT2D eigenvalue weighted by Crippen LogP contribution is 2.25. The summed E-state index contributed by atoms with van der Waals surface area (Å²) in [6.07, 6.45) is 6.93. The summed E-state index contributed by atoms with van der Waals surface area (Å²) in [6.45, 7) is 1.10. The van der Waals surface area contributed by atoms with Crippen LogP contribution in [-0.2, 0) is 0 Å². The third-order valence-electron chi connectivity index (χ3n) is 1.65. The van der Waals surface area contributed by atoms with Crippen molar-refractivity contribution in [3.8, 4) is 0 Å². The van der Waals surface area contributed by atoms with Crippen LogP contribution >= 0.6 is 0 Å². The molecule has 0 radical (unpaired) electrons. The number of nitrogens with zero attached hydrogens (tertiary/aromatic N) is 1. The lowest BCUT2D eigenvalue weighted by Crippen LogP contribution is -2.31. The second-order valence-corrected chi connectivity index (χ2v) is 2.42. The van der Waals surface area contributed by atoms with E-state index in [0.29, 0.717) is 0 Å². The fourth-order valence-electron chi connectivity index (χ4n) is 1.01. The van der Waals surface area contributed by atoms with Gasteiger partial charge in [0.25, 0.3) is 0 Å². The number of hydrazine groups is 1. The van der Waals surface area contributed by atoms with Crippen molar-refractivity contribution in [1.82, 2.24) is 10.4 Å². The standard InChI is InChI=1S/C6H10N2/c1-4-7-8(5-1)6-2-3-6/h1,4,6-7H,2-3,5H2. The smallest absolute Gasteiger partial charge is 0.0379 e. The van der Waals surface area contributed by atoms with Gasteiger partial charge in [-0.25, -0.2) is 5.01 Å². The van der Waals surface area contributed by atoms with E-state index in [9.17, 15) is 0 Å². The molecule has 0 aromatic rings. The van der Waals surface area contributed by atoms with E-state index >= 15 is 0 Å². The van der Waals surface area contributed by atoms with E-state index in [-0.39, 0.29) is 0 Å². The van der Waals surface area contributed by atoms with Crippen molar-refractivity contribution >= 4 is 0 Å². The second kappa shape index (κ2) is 1.49. The Morgan fingerprint density at radius 2 is 2.38 bits per heavy atom. The van der Waals surface area contributed by atoms with E-state index < -0.39 is 0 Å². The third kappa shape index (κ3) is 0.611.